The molecule has 8 heteroatoms. The van der Waals surface area contributed by atoms with Gasteiger partial charge < -0.3 is 10.6 Å². The highest BCUT2D eigenvalue weighted by Crippen LogP contribution is 2.33. The average molecular weight is 481 g/mol. The molecule has 0 atom stereocenters. The lowest BCUT2D eigenvalue weighted by Crippen LogP contribution is -2.21. The SMILES string of the molecule is Cc1ccc(F)c(NC(=O)Nc2cc(S(=O)(=O)Cc3ccccc3)ccc2-c2ccsc2)c1. The van der Waals surface area contributed by atoms with Crippen LogP contribution in [-0.2, 0) is 15.6 Å². The van der Waals surface area contributed by atoms with Gasteiger partial charge in [-0.15, -0.1) is 0 Å². The van der Waals surface area contributed by atoms with E-state index in [1.807, 2.05) is 22.9 Å². The lowest BCUT2D eigenvalue weighted by molar-refractivity contribution is 0.262. The van der Waals surface area contributed by atoms with E-state index in [0.29, 0.717) is 16.8 Å². The highest BCUT2D eigenvalue weighted by atomic mass is 32.2. The van der Waals surface area contributed by atoms with E-state index in [1.165, 1.54) is 35.6 Å². The molecule has 2 amide bonds. The first-order valence-electron chi connectivity index (χ1n) is 10.1. The van der Waals surface area contributed by atoms with Gasteiger partial charge in [0, 0.05) is 5.56 Å². The van der Waals surface area contributed by atoms with Crippen LogP contribution in [0.15, 0.2) is 88.5 Å². The molecule has 0 unspecified atom stereocenters. The van der Waals surface area contributed by atoms with Crippen molar-refractivity contribution in [3.8, 4) is 11.1 Å². The fraction of sp³-hybridized carbons (Fsp3) is 0.0800. The van der Waals surface area contributed by atoms with Crippen molar-refractivity contribution in [3.63, 3.8) is 0 Å². The Morgan fingerprint density at radius 2 is 1.70 bits per heavy atom. The Bertz CT molecular complexity index is 1390. The lowest BCUT2D eigenvalue weighted by atomic mass is 10.1. The largest absolute Gasteiger partial charge is 0.323 e. The van der Waals surface area contributed by atoms with Gasteiger partial charge in [-0.3, -0.25) is 0 Å². The molecular formula is C25H21FN2O3S2. The molecule has 0 spiro atoms. The minimum atomic E-state index is -3.66. The monoisotopic (exact) mass is 480 g/mol. The number of aryl methyl sites for hydroxylation is 1. The summed E-state index contributed by atoms with van der Waals surface area (Å²) in [5.41, 5.74) is 3.31. The molecule has 1 aromatic heterocycles. The van der Waals surface area contributed by atoms with Crippen LogP contribution in [0.1, 0.15) is 11.1 Å². The summed E-state index contributed by atoms with van der Waals surface area (Å²) in [6.45, 7) is 1.79. The van der Waals surface area contributed by atoms with Crippen LogP contribution in [0.5, 0.6) is 0 Å². The lowest BCUT2D eigenvalue weighted by Gasteiger charge is -2.14. The van der Waals surface area contributed by atoms with Gasteiger partial charge in [-0.05, 0) is 64.7 Å². The summed E-state index contributed by atoms with van der Waals surface area (Å²) in [6, 6.07) is 19.1. The van der Waals surface area contributed by atoms with Crippen LogP contribution in [0.3, 0.4) is 0 Å². The summed E-state index contributed by atoms with van der Waals surface area (Å²) in [5.74, 6) is -0.723. The van der Waals surface area contributed by atoms with E-state index < -0.39 is 21.7 Å². The highest BCUT2D eigenvalue weighted by molar-refractivity contribution is 7.90. The predicted octanol–water partition coefficient (Wildman–Crippen LogP) is 6.48. The van der Waals surface area contributed by atoms with Crippen molar-refractivity contribution in [2.75, 3.05) is 10.6 Å². The number of hydrogen-bond acceptors (Lipinski definition) is 4. The van der Waals surface area contributed by atoms with Crippen LogP contribution in [-0.4, -0.2) is 14.4 Å². The summed E-state index contributed by atoms with van der Waals surface area (Å²) >= 11 is 1.48. The molecule has 4 rings (SSSR count). The smallest absolute Gasteiger partial charge is 0.307 e. The summed E-state index contributed by atoms with van der Waals surface area (Å²) in [4.78, 5) is 12.8. The molecule has 168 valence electrons. The van der Waals surface area contributed by atoms with Crippen molar-refractivity contribution in [1.82, 2.24) is 0 Å². The summed E-state index contributed by atoms with van der Waals surface area (Å²) in [7, 11) is -3.66. The molecule has 5 nitrogen and oxygen atoms in total. The first-order chi connectivity index (χ1) is 15.8. The molecule has 0 aliphatic rings. The van der Waals surface area contributed by atoms with Gasteiger partial charge in [-0.1, -0.05) is 42.5 Å². The number of urea groups is 1. The molecular weight excluding hydrogens is 459 g/mol. The van der Waals surface area contributed by atoms with Gasteiger partial charge in [0.1, 0.15) is 5.82 Å². The van der Waals surface area contributed by atoms with E-state index in [0.717, 1.165) is 11.1 Å². The molecule has 3 aromatic carbocycles. The number of amides is 2. The number of carbonyl (C=O) groups excluding carboxylic acids is 1. The maximum absolute atomic E-state index is 14.1. The van der Waals surface area contributed by atoms with Crippen molar-refractivity contribution >= 4 is 38.6 Å². The van der Waals surface area contributed by atoms with Gasteiger partial charge >= 0.3 is 6.03 Å². The van der Waals surface area contributed by atoms with Gasteiger partial charge in [-0.25, -0.2) is 17.6 Å². The molecule has 0 aliphatic heterocycles. The van der Waals surface area contributed by atoms with E-state index in [-0.39, 0.29) is 16.3 Å². The molecule has 0 fully saturated rings. The second-order valence-electron chi connectivity index (χ2n) is 7.53. The average Bonchev–Trinajstić information content (AvgIpc) is 3.31. The van der Waals surface area contributed by atoms with E-state index >= 15 is 0 Å². The van der Waals surface area contributed by atoms with Crippen LogP contribution in [0.2, 0.25) is 0 Å². The fourth-order valence-electron chi connectivity index (χ4n) is 3.38. The van der Waals surface area contributed by atoms with Gasteiger partial charge in [0.15, 0.2) is 9.84 Å². The molecule has 4 aromatic rings. The number of anilines is 2. The normalized spacial score (nSPS) is 11.2. The van der Waals surface area contributed by atoms with Crippen molar-refractivity contribution in [2.24, 2.45) is 0 Å². The van der Waals surface area contributed by atoms with Crippen LogP contribution >= 0.6 is 11.3 Å². The van der Waals surface area contributed by atoms with Gasteiger partial charge in [-0.2, -0.15) is 11.3 Å². The number of rotatable bonds is 6. The van der Waals surface area contributed by atoms with Gasteiger partial charge in [0.25, 0.3) is 0 Å². The number of halogens is 1. The third-order valence-corrected chi connectivity index (χ3v) is 7.37. The predicted molar refractivity (Wildman–Crippen MR) is 131 cm³/mol. The number of benzene rings is 3. The van der Waals surface area contributed by atoms with Crippen LogP contribution in [0, 0.1) is 12.7 Å². The van der Waals surface area contributed by atoms with Crippen LogP contribution in [0.4, 0.5) is 20.6 Å². The first kappa shape index (κ1) is 22.7. The Kier molecular flexibility index (Phi) is 6.57. The third kappa shape index (κ3) is 5.47. The molecule has 0 saturated heterocycles. The van der Waals surface area contributed by atoms with Crippen molar-refractivity contribution in [1.29, 1.82) is 0 Å². The molecule has 0 bridgehead atoms. The molecule has 33 heavy (non-hydrogen) atoms. The van der Waals surface area contributed by atoms with E-state index in [2.05, 4.69) is 10.6 Å². The minimum Gasteiger partial charge on any atom is -0.307 e. The van der Waals surface area contributed by atoms with E-state index in [1.54, 1.807) is 43.3 Å². The molecule has 0 saturated carbocycles. The number of sulfone groups is 1. The molecule has 0 aliphatic carbocycles. The Labute approximate surface area is 195 Å². The maximum Gasteiger partial charge on any atom is 0.323 e. The van der Waals surface area contributed by atoms with Crippen LogP contribution < -0.4 is 10.6 Å². The highest BCUT2D eigenvalue weighted by Gasteiger charge is 2.19. The Balaban J connectivity index is 1.66. The molecule has 2 N–H and O–H groups in total. The van der Waals surface area contributed by atoms with Crippen molar-refractivity contribution in [2.45, 2.75) is 17.6 Å². The summed E-state index contributed by atoms with van der Waals surface area (Å²) < 4.78 is 40.1. The topological polar surface area (TPSA) is 75.3 Å². The second kappa shape index (κ2) is 9.56. The fourth-order valence-corrected chi connectivity index (χ4v) is 5.40. The number of carbonyl (C=O) groups is 1. The molecule has 1 heterocycles. The van der Waals surface area contributed by atoms with E-state index in [9.17, 15) is 17.6 Å². The van der Waals surface area contributed by atoms with Crippen molar-refractivity contribution in [3.05, 3.63) is 101 Å². The zero-order chi connectivity index (χ0) is 23.4. The van der Waals surface area contributed by atoms with E-state index in [4.69, 9.17) is 0 Å². The Morgan fingerprint density at radius 3 is 2.42 bits per heavy atom. The number of hydrogen-bond donors (Lipinski definition) is 2. The third-order valence-electron chi connectivity index (χ3n) is 5.00. The van der Waals surface area contributed by atoms with Gasteiger partial charge in [0.2, 0.25) is 0 Å². The summed E-state index contributed by atoms with van der Waals surface area (Å²) in [6.07, 6.45) is 0. The summed E-state index contributed by atoms with van der Waals surface area (Å²) in [5, 5.41) is 8.98. The Hall–Kier alpha value is -3.49. The number of nitrogens with one attached hydrogen (secondary N) is 2. The van der Waals surface area contributed by atoms with Gasteiger partial charge in [0.05, 0.1) is 22.0 Å². The first-order valence-corrected chi connectivity index (χ1v) is 12.7. The Morgan fingerprint density at radius 1 is 0.939 bits per heavy atom. The quantitative estimate of drug-likeness (QED) is 0.332. The zero-order valence-corrected chi connectivity index (χ0v) is 19.3. The second-order valence-corrected chi connectivity index (χ2v) is 10.3. The molecule has 0 radical (unpaired) electrons. The van der Waals surface area contributed by atoms with Crippen molar-refractivity contribution < 1.29 is 17.6 Å². The maximum atomic E-state index is 14.1. The standard InChI is InChI=1S/C25H21FN2O3S2/c1-17-7-10-22(26)24(13-17)28-25(29)27-23-14-20(8-9-21(23)19-11-12-32-15-19)33(30,31)16-18-5-3-2-4-6-18/h2-15H,16H2,1H3,(H2,27,28,29). The van der Waals surface area contributed by atoms with Crippen LogP contribution in [0.25, 0.3) is 11.1 Å². The number of thiophene rings is 1. The zero-order valence-electron chi connectivity index (χ0n) is 17.7. The minimum absolute atomic E-state index is 0.0393.